The van der Waals surface area contributed by atoms with E-state index in [0.29, 0.717) is 6.54 Å². The van der Waals surface area contributed by atoms with E-state index in [1.54, 1.807) is 11.3 Å². The van der Waals surface area contributed by atoms with E-state index in [2.05, 4.69) is 41.2 Å². The maximum absolute atomic E-state index is 13.1. The van der Waals surface area contributed by atoms with E-state index in [4.69, 9.17) is 4.98 Å². The molecular formula is C21H25N3OS2. The van der Waals surface area contributed by atoms with Gasteiger partial charge in [-0.1, -0.05) is 19.1 Å². The number of likely N-dealkylation sites (N-methyl/N-ethyl adjacent to an activating group) is 1. The quantitative estimate of drug-likeness (QED) is 0.613. The standard InChI is InChI=1S/C21H25N3OS2/c1-4-17-15-10-12-26-18(15)9-11-24(17)20(25)13-23(3)14(2)21-22-16-7-5-6-8-19(16)27-21/h5-8,10,12,14,17H,4,9,11,13H2,1-3H3. The van der Waals surface area contributed by atoms with E-state index in [1.165, 1.54) is 15.1 Å². The molecule has 0 N–H and O–H groups in total. The molecule has 3 heterocycles. The Morgan fingerprint density at radius 3 is 2.96 bits per heavy atom. The van der Waals surface area contributed by atoms with Gasteiger partial charge in [-0.3, -0.25) is 9.69 Å². The van der Waals surface area contributed by atoms with Gasteiger partial charge in [-0.05, 0) is 56.0 Å². The number of para-hydroxylation sites is 1. The number of fused-ring (bicyclic) bond motifs is 2. The van der Waals surface area contributed by atoms with Crippen molar-refractivity contribution in [3.63, 3.8) is 0 Å². The van der Waals surface area contributed by atoms with E-state index < -0.39 is 0 Å². The van der Waals surface area contributed by atoms with E-state index in [-0.39, 0.29) is 18.0 Å². The monoisotopic (exact) mass is 399 g/mol. The number of rotatable bonds is 5. The molecule has 0 radical (unpaired) electrons. The fourth-order valence-electron chi connectivity index (χ4n) is 3.83. The molecule has 2 atom stereocenters. The summed E-state index contributed by atoms with van der Waals surface area (Å²) in [5.41, 5.74) is 2.39. The molecule has 4 rings (SSSR count). The SMILES string of the molecule is CCC1c2ccsc2CCN1C(=O)CN(C)C(C)c1nc2ccccc2s1. The zero-order chi connectivity index (χ0) is 19.0. The van der Waals surface area contributed by atoms with Crippen molar-refractivity contribution in [1.29, 1.82) is 0 Å². The third kappa shape index (κ3) is 3.53. The fourth-order valence-corrected chi connectivity index (χ4v) is 5.85. The van der Waals surface area contributed by atoms with E-state index >= 15 is 0 Å². The number of amides is 1. The summed E-state index contributed by atoms with van der Waals surface area (Å²) < 4.78 is 1.20. The van der Waals surface area contributed by atoms with Crippen molar-refractivity contribution in [2.24, 2.45) is 0 Å². The number of thiophene rings is 1. The lowest BCUT2D eigenvalue weighted by Gasteiger charge is -2.37. The minimum Gasteiger partial charge on any atom is -0.334 e. The van der Waals surface area contributed by atoms with Crippen LogP contribution in [-0.2, 0) is 11.2 Å². The molecule has 1 aromatic carbocycles. The van der Waals surface area contributed by atoms with Crippen LogP contribution in [0.1, 0.15) is 47.8 Å². The Balaban J connectivity index is 1.47. The van der Waals surface area contributed by atoms with Gasteiger partial charge in [0.05, 0.1) is 28.8 Å². The fraction of sp³-hybridized carbons (Fsp3) is 0.429. The first kappa shape index (κ1) is 18.6. The van der Waals surface area contributed by atoms with Gasteiger partial charge in [0, 0.05) is 11.4 Å². The minimum absolute atomic E-state index is 0.118. The average molecular weight is 400 g/mol. The van der Waals surface area contributed by atoms with E-state index in [9.17, 15) is 4.79 Å². The molecule has 142 valence electrons. The maximum Gasteiger partial charge on any atom is 0.237 e. The summed E-state index contributed by atoms with van der Waals surface area (Å²) in [5.74, 6) is 0.217. The molecule has 0 aliphatic carbocycles. The van der Waals surface area contributed by atoms with Gasteiger partial charge in [0.2, 0.25) is 5.91 Å². The third-order valence-corrected chi connectivity index (χ3v) is 7.72. The summed E-state index contributed by atoms with van der Waals surface area (Å²) in [7, 11) is 2.02. The molecule has 1 aliphatic heterocycles. The zero-order valence-electron chi connectivity index (χ0n) is 16.0. The third-order valence-electron chi connectivity index (χ3n) is 5.52. The lowest BCUT2D eigenvalue weighted by molar-refractivity contribution is -0.135. The van der Waals surface area contributed by atoms with E-state index in [1.807, 2.05) is 36.6 Å². The summed E-state index contributed by atoms with van der Waals surface area (Å²) in [4.78, 5) is 23.5. The zero-order valence-corrected chi connectivity index (χ0v) is 17.6. The van der Waals surface area contributed by atoms with Crippen LogP contribution in [-0.4, -0.2) is 40.8 Å². The van der Waals surface area contributed by atoms with Crippen LogP contribution < -0.4 is 0 Å². The summed E-state index contributed by atoms with van der Waals surface area (Å²) in [6, 6.07) is 10.7. The number of carbonyl (C=O) groups excluding carboxylic acids is 1. The van der Waals surface area contributed by atoms with Crippen LogP contribution in [0.2, 0.25) is 0 Å². The number of benzene rings is 1. The lowest BCUT2D eigenvalue weighted by Crippen LogP contribution is -2.44. The molecule has 4 nitrogen and oxygen atoms in total. The molecule has 2 aromatic heterocycles. The van der Waals surface area contributed by atoms with Gasteiger partial charge < -0.3 is 4.90 Å². The predicted molar refractivity (Wildman–Crippen MR) is 113 cm³/mol. The van der Waals surface area contributed by atoms with E-state index in [0.717, 1.165) is 29.9 Å². The average Bonchev–Trinajstić information content (AvgIpc) is 3.32. The smallest absolute Gasteiger partial charge is 0.237 e. The Bertz CT molecular complexity index is 915. The van der Waals surface area contributed by atoms with Crippen LogP contribution in [0.15, 0.2) is 35.7 Å². The molecule has 1 aliphatic rings. The van der Waals surface area contributed by atoms with Gasteiger partial charge in [-0.2, -0.15) is 0 Å². The van der Waals surface area contributed by atoms with Crippen LogP contribution in [0.4, 0.5) is 0 Å². The Labute approximate surface area is 168 Å². The summed E-state index contributed by atoms with van der Waals surface area (Å²) in [6.45, 7) is 5.56. The largest absolute Gasteiger partial charge is 0.334 e. The molecule has 0 bridgehead atoms. The summed E-state index contributed by atoms with van der Waals surface area (Å²) >= 11 is 3.54. The number of aromatic nitrogens is 1. The molecule has 0 spiro atoms. The first-order chi connectivity index (χ1) is 13.1. The van der Waals surface area contributed by atoms with Gasteiger partial charge in [0.25, 0.3) is 0 Å². The second-order valence-electron chi connectivity index (χ2n) is 7.17. The highest BCUT2D eigenvalue weighted by atomic mass is 32.1. The first-order valence-corrected chi connectivity index (χ1v) is 11.2. The number of thiazole rings is 1. The summed E-state index contributed by atoms with van der Waals surface area (Å²) in [5, 5.41) is 3.22. The first-order valence-electron chi connectivity index (χ1n) is 9.50. The molecule has 2 unspecified atom stereocenters. The second kappa shape index (κ2) is 7.70. The number of hydrogen-bond acceptors (Lipinski definition) is 5. The van der Waals surface area contributed by atoms with Crippen LogP contribution in [0.3, 0.4) is 0 Å². The highest BCUT2D eigenvalue weighted by molar-refractivity contribution is 7.18. The lowest BCUT2D eigenvalue weighted by atomic mass is 9.97. The molecule has 3 aromatic rings. The molecular weight excluding hydrogens is 374 g/mol. The van der Waals surface area contributed by atoms with Crippen molar-refractivity contribution >= 4 is 38.8 Å². The van der Waals surface area contributed by atoms with Crippen LogP contribution in [0.5, 0.6) is 0 Å². The normalized spacial score (nSPS) is 18.1. The molecule has 27 heavy (non-hydrogen) atoms. The Morgan fingerprint density at radius 2 is 2.19 bits per heavy atom. The highest BCUT2D eigenvalue weighted by Gasteiger charge is 2.31. The van der Waals surface area contributed by atoms with Gasteiger partial charge in [0.15, 0.2) is 0 Å². The predicted octanol–water partition coefficient (Wildman–Crippen LogP) is 4.89. The van der Waals surface area contributed by atoms with Crippen LogP contribution in [0, 0.1) is 0 Å². The van der Waals surface area contributed by atoms with Crippen molar-refractivity contribution in [3.8, 4) is 0 Å². The molecule has 1 amide bonds. The van der Waals surface area contributed by atoms with Crippen molar-refractivity contribution in [3.05, 3.63) is 51.2 Å². The van der Waals surface area contributed by atoms with Gasteiger partial charge in [0.1, 0.15) is 5.01 Å². The Morgan fingerprint density at radius 1 is 1.37 bits per heavy atom. The number of carbonyl (C=O) groups is 1. The second-order valence-corrected chi connectivity index (χ2v) is 9.23. The minimum atomic E-state index is 0.118. The number of nitrogens with zero attached hydrogens (tertiary/aromatic N) is 3. The van der Waals surface area contributed by atoms with Gasteiger partial charge >= 0.3 is 0 Å². The molecule has 0 fully saturated rings. The van der Waals surface area contributed by atoms with Crippen molar-refractivity contribution < 1.29 is 4.79 Å². The molecule has 6 heteroatoms. The summed E-state index contributed by atoms with van der Waals surface area (Å²) in [6.07, 6.45) is 1.94. The van der Waals surface area contributed by atoms with Crippen molar-refractivity contribution in [2.45, 2.75) is 38.8 Å². The van der Waals surface area contributed by atoms with Crippen molar-refractivity contribution in [2.75, 3.05) is 20.1 Å². The van der Waals surface area contributed by atoms with Gasteiger partial charge in [-0.25, -0.2) is 4.98 Å². The van der Waals surface area contributed by atoms with Crippen molar-refractivity contribution in [1.82, 2.24) is 14.8 Å². The van der Waals surface area contributed by atoms with Gasteiger partial charge in [-0.15, -0.1) is 22.7 Å². The Kier molecular flexibility index (Phi) is 5.30. The maximum atomic E-state index is 13.1. The molecule has 0 saturated carbocycles. The topological polar surface area (TPSA) is 36.4 Å². The number of hydrogen-bond donors (Lipinski definition) is 0. The van der Waals surface area contributed by atoms with Crippen LogP contribution >= 0.6 is 22.7 Å². The Hall–Kier alpha value is -1.76. The highest BCUT2D eigenvalue weighted by Crippen LogP contribution is 2.35. The van der Waals surface area contributed by atoms with Crippen LogP contribution in [0.25, 0.3) is 10.2 Å². The molecule has 0 saturated heterocycles.